The van der Waals surface area contributed by atoms with E-state index in [1.807, 2.05) is 24.3 Å². The van der Waals surface area contributed by atoms with Gasteiger partial charge in [0.2, 0.25) is 0 Å². The number of rotatable bonds is 10. The van der Waals surface area contributed by atoms with Crippen molar-refractivity contribution in [2.24, 2.45) is 0 Å². The van der Waals surface area contributed by atoms with Gasteiger partial charge in [-0.15, -0.1) is 0 Å². The fourth-order valence-electron chi connectivity index (χ4n) is 2.88. The van der Waals surface area contributed by atoms with Crippen LogP contribution in [0.5, 0.6) is 0 Å². The van der Waals surface area contributed by atoms with Crippen LogP contribution in [0.3, 0.4) is 0 Å². The maximum Gasteiger partial charge on any atom is 0.355 e. The van der Waals surface area contributed by atoms with Gasteiger partial charge in [0.25, 0.3) is 0 Å². The highest BCUT2D eigenvalue weighted by atomic mass is 19.1. The number of carboxylic acid groups (broad SMARTS) is 1. The Balaban J connectivity index is 1.82. The number of aryl methyl sites for hydroxylation is 1. The van der Waals surface area contributed by atoms with E-state index in [4.69, 9.17) is 5.11 Å². The number of hydrogen-bond acceptors (Lipinski definition) is 1. The summed E-state index contributed by atoms with van der Waals surface area (Å²) in [6.07, 6.45) is 10.1. The number of H-pyrrole nitrogens is 1. The third-order valence-electron chi connectivity index (χ3n) is 4.32. The summed E-state index contributed by atoms with van der Waals surface area (Å²) in [4.78, 5) is 13.5. The quantitative estimate of drug-likeness (QED) is 0.540. The molecule has 0 aliphatic heterocycles. The Bertz CT molecular complexity index is 646. The van der Waals surface area contributed by atoms with E-state index in [9.17, 15) is 9.18 Å². The SMILES string of the molecule is CCCCCCCCCc1ccc(-c2cc(F)c(C(=O)O)[nH]2)cc1. The van der Waals surface area contributed by atoms with Crippen molar-refractivity contribution in [1.82, 2.24) is 4.98 Å². The predicted molar refractivity (Wildman–Crippen MR) is 94.8 cm³/mol. The number of benzene rings is 1. The maximum absolute atomic E-state index is 13.5. The predicted octanol–water partition coefficient (Wildman–Crippen LogP) is 5.81. The third-order valence-corrected chi connectivity index (χ3v) is 4.32. The Morgan fingerprint density at radius 1 is 1.04 bits per heavy atom. The number of carbonyl (C=O) groups is 1. The zero-order chi connectivity index (χ0) is 17.4. The molecule has 0 unspecified atom stereocenters. The Hall–Kier alpha value is -2.10. The molecule has 0 aliphatic rings. The van der Waals surface area contributed by atoms with Crippen LogP contribution >= 0.6 is 0 Å². The molecule has 2 N–H and O–H groups in total. The van der Waals surface area contributed by atoms with Crippen LogP contribution in [0.1, 0.15) is 67.9 Å². The molecule has 1 aromatic carbocycles. The van der Waals surface area contributed by atoms with Crippen LogP contribution in [0.2, 0.25) is 0 Å². The number of aromatic nitrogens is 1. The first-order valence-electron chi connectivity index (χ1n) is 8.83. The van der Waals surface area contributed by atoms with Crippen molar-refractivity contribution in [2.45, 2.75) is 58.3 Å². The zero-order valence-corrected chi connectivity index (χ0v) is 14.3. The third kappa shape index (κ3) is 5.22. The Morgan fingerprint density at radius 2 is 1.67 bits per heavy atom. The monoisotopic (exact) mass is 331 g/mol. The van der Waals surface area contributed by atoms with Gasteiger partial charge in [-0.25, -0.2) is 9.18 Å². The number of halogens is 1. The Kier molecular flexibility index (Phi) is 7.04. The minimum Gasteiger partial charge on any atom is -0.476 e. The van der Waals surface area contributed by atoms with Crippen molar-refractivity contribution in [3.63, 3.8) is 0 Å². The van der Waals surface area contributed by atoms with Gasteiger partial charge >= 0.3 is 5.97 Å². The van der Waals surface area contributed by atoms with Gasteiger partial charge in [-0.1, -0.05) is 69.7 Å². The summed E-state index contributed by atoms with van der Waals surface area (Å²) < 4.78 is 13.5. The van der Waals surface area contributed by atoms with Crippen LogP contribution in [-0.4, -0.2) is 16.1 Å². The molecule has 0 aliphatic carbocycles. The number of unbranched alkanes of at least 4 members (excludes halogenated alkanes) is 6. The van der Waals surface area contributed by atoms with Crippen molar-refractivity contribution in [2.75, 3.05) is 0 Å². The molecule has 130 valence electrons. The average molecular weight is 331 g/mol. The molecular formula is C20H26FNO2. The molecule has 0 atom stereocenters. The van der Waals surface area contributed by atoms with Gasteiger partial charge in [-0.3, -0.25) is 0 Å². The lowest BCUT2D eigenvalue weighted by atomic mass is 10.0. The largest absolute Gasteiger partial charge is 0.476 e. The molecule has 0 amide bonds. The highest BCUT2D eigenvalue weighted by molar-refractivity contribution is 5.87. The first kappa shape index (κ1) is 18.2. The van der Waals surface area contributed by atoms with E-state index >= 15 is 0 Å². The maximum atomic E-state index is 13.5. The van der Waals surface area contributed by atoms with E-state index in [0.29, 0.717) is 5.69 Å². The Morgan fingerprint density at radius 3 is 2.25 bits per heavy atom. The Labute approximate surface area is 142 Å². The number of carboxylic acids is 1. The van der Waals surface area contributed by atoms with Crippen molar-refractivity contribution >= 4 is 5.97 Å². The van der Waals surface area contributed by atoms with Crippen molar-refractivity contribution in [3.8, 4) is 11.3 Å². The zero-order valence-electron chi connectivity index (χ0n) is 14.3. The normalized spacial score (nSPS) is 10.9. The molecule has 1 aromatic heterocycles. The fraction of sp³-hybridized carbons (Fsp3) is 0.450. The van der Waals surface area contributed by atoms with Crippen LogP contribution in [-0.2, 0) is 6.42 Å². The molecule has 1 heterocycles. The summed E-state index contributed by atoms with van der Waals surface area (Å²) in [7, 11) is 0. The van der Waals surface area contributed by atoms with Crippen LogP contribution in [0.15, 0.2) is 30.3 Å². The van der Waals surface area contributed by atoms with Gasteiger partial charge < -0.3 is 10.1 Å². The van der Waals surface area contributed by atoms with Gasteiger partial charge in [-0.2, -0.15) is 0 Å². The lowest BCUT2D eigenvalue weighted by molar-refractivity contribution is 0.0686. The molecule has 3 nitrogen and oxygen atoms in total. The van der Waals surface area contributed by atoms with Gasteiger partial charge in [0, 0.05) is 11.8 Å². The first-order valence-corrected chi connectivity index (χ1v) is 8.83. The number of hydrogen-bond donors (Lipinski definition) is 2. The second-order valence-corrected chi connectivity index (χ2v) is 6.28. The summed E-state index contributed by atoms with van der Waals surface area (Å²) in [6.45, 7) is 2.23. The highest BCUT2D eigenvalue weighted by Gasteiger charge is 2.15. The minimum absolute atomic E-state index is 0.392. The van der Waals surface area contributed by atoms with Gasteiger partial charge in [0.15, 0.2) is 11.5 Å². The van der Waals surface area contributed by atoms with E-state index in [1.54, 1.807) is 0 Å². The molecular weight excluding hydrogens is 305 g/mol. The standard InChI is InChI=1S/C20H26FNO2/c1-2-3-4-5-6-7-8-9-15-10-12-16(13-11-15)18-14-17(21)19(22-18)20(23)24/h10-14,22H,2-9H2,1H3,(H,23,24). The van der Waals surface area contributed by atoms with Gasteiger partial charge in [0.1, 0.15) is 0 Å². The molecule has 0 radical (unpaired) electrons. The van der Waals surface area contributed by atoms with E-state index in [-0.39, 0.29) is 0 Å². The molecule has 2 rings (SSSR count). The second kappa shape index (κ2) is 9.26. The van der Waals surface area contributed by atoms with Gasteiger partial charge in [-0.05, 0) is 24.0 Å². The van der Waals surface area contributed by atoms with Crippen LogP contribution in [0.25, 0.3) is 11.3 Å². The fourth-order valence-corrected chi connectivity index (χ4v) is 2.88. The minimum atomic E-state index is -1.28. The topological polar surface area (TPSA) is 53.1 Å². The van der Waals surface area contributed by atoms with Crippen LogP contribution in [0.4, 0.5) is 4.39 Å². The summed E-state index contributed by atoms with van der Waals surface area (Å²) in [5.41, 5.74) is 2.16. The summed E-state index contributed by atoms with van der Waals surface area (Å²) in [5.74, 6) is -2.01. The lowest BCUT2D eigenvalue weighted by Crippen LogP contribution is -1.98. The second-order valence-electron chi connectivity index (χ2n) is 6.28. The molecule has 0 saturated carbocycles. The molecule has 0 fully saturated rings. The number of nitrogens with one attached hydrogen (secondary N) is 1. The lowest BCUT2D eigenvalue weighted by Gasteiger charge is -2.04. The molecule has 4 heteroatoms. The van der Waals surface area contributed by atoms with E-state index in [0.717, 1.165) is 12.0 Å². The molecule has 0 spiro atoms. The van der Waals surface area contributed by atoms with Gasteiger partial charge in [0.05, 0.1) is 0 Å². The average Bonchev–Trinajstić information content (AvgIpc) is 2.97. The highest BCUT2D eigenvalue weighted by Crippen LogP contribution is 2.22. The summed E-state index contributed by atoms with van der Waals surface area (Å²) in [6, 6.07) is 9.12. The van der Waals surface area contributed by atoms with Crippen molar-refractivity contribution in [1.29, 1.82) is 0 Å². The smallest absolute Gasteiger partial charge is 0.355 e. The first-order chi connectivity index (χ1) is 11.6. The number of aromatic amines is 1. The van der Waals surface area contributed by atoms with Crippen molar-refractivity contribution < 1.29 is 14.3 Å². The van der Waals surface area contributed by atoms with Crippen molar-refractivity contribution in [3.05, 3.63) is 47.4 Å². The molecule has 2 aromatic rings. The van der Waals surface area contributed by atoms with Crippen LogP contribution < -0.4 is 0 Å². The van der Waals surface area contributed by atoms with E-state index in [1.165, 1.54) is 56.6 Å². The summed E-state index contributed by atoms with van der Waals surface area (Å²) in [5, 5.41) is 8.89. The number of aromatic carboxylic acids is 1. The molecule has 0 saturated heterocycles. The van der Waals surface area contributed by atoms with Crippen LogP contribution in [0, 0.1) is 5.82 Å². The van der Waals surface area contributed by atoms with E-state index in [2.05, 4.69) is 11.9 Å². The van der Waals surface area contributed by atoms with E-state index < -0.39 is 17.5 Å². The molecule has 0 bridgehead atoms. The summed E-state index contributed by atoms with van der Waals surface area (Å²) >= 11 is 0. The molecule has 24 heavy (non-hydrogen) atoms.